The Morgan fingerprint density at radius 3 is 2.37 bits per heavy atom. The van der Waals surface area contributed by atoms with Crippen molar-refractivity contribution >= 4 is 0 Å². The molecule has 0 saturated heterocycles. The van der Waals surface area contributed by atoms with Gasteiger partial charge in [0.25, 0.3) is 0 Å². The molecule has 0 amide bonds. The van der Waals surface area contributed by atoms with E-state index >= 15 is 0 Å². The van der Waals surface area contributed by atoms with E-state index in [2.05, 4.69) is 49.3 Å². The Labute approximate surface area is 115 Å². The fraction of sp³-hybridized carbons (Fsp3) is 0.438. The van der Waals surface area contributed by atoms with Crippen molar-refractivity contribution in [2.75, 3.05) is 0 Å². The summed E-state index contributed by atoms with van der Waals surface area (Å²) < 4.78 is 1.92. The van der Waals surface area contributed by atoms with Crippen LogP contribution >= 0.6 is 0 Å². The van der Waals surface area contributed by atoms with Gasteiger partial charge in [-0.15, -0.1) is 0 Å². The maximum Gasteiger partial charge on any atom is 0.0596 e. The quantitative estimate of drug-likeness (QED) is 0.915. The van der Waals surface area contributed by atoms with Crippen molar-refractivity contribution in [3.8, 4) is 0 Å². The van der Waals surface area contributed by atoms with Gasteiger partial charge in [0.2, 0.25) is 0 Å². The molecular formula is C16H23N3. The summed E-state index contributed by atoms with van der Waals surface area (Å²) in [5.41, 5.74) is 10.8. The number of benzene rings is 1. The molecule has 3 nitrogen and oxygen atoms in total. The third-order valence-electron chi connectivity index (χ3n) is 3.67. The lowest BCUT2D eigenvalue weighted by molar-refractivity contribution is 0.472. The molecule has 3 heteroatoms. The van der Waals surface area contributed by atoms with Gasteiger partial charge in [0, 0.05) is 24.7 Å². The van der Waals surface area contributed by atoms with Crippen LogP contribution in [0.2, 0.25) is 0 Å². The highest BCUT2D eigenvalue weighted by Gasteiger charge is 2.23. The van der Waals surface area contributed by atoms with Gasteiger partial charge in [-0.2, -0.15) is 5.10 Å². The van der Waals surface area contributed by atoms with Crippen molar-refractivity contribution < 1.29 is 0 Å². The van der Waals surface area contributed by atoms with Crippen LogP contribution in [0, 0.1) is 6.92 Å². The first kappa shape index (κ1) is 13.8. The number of nitrogens with two attached hydrogens (primary N) is 1. The minimum Gasteiger partial charge on any atom is -0.321 e. The number of hydrogen-bond donors (Lipinski definition) is 1. The van der Waals surface area contributed by atoms with Crippen LogP contribution in [0.25, 0.3) is 0 Å². The highest BCUT2D eigenvalue weighted by molar-refractivity contribution is 5.29. The maximum atomic E-state index is 6.50. The Balaban J connectivity index is 2.23. The molecular weight excluding hydrogens is 234 g/mol. The maximum absolute atomic E-state index is 6.50. The highest BCUT2D eigenvalue weighted by Crippen LogP contribution is 2.23. The lowest BCUT2D eigenvalue weighted by Gasteiger charge is -2.25. The highest BCUT2D eigenvalue weighted by atomic mass is 15.3. The summed E-state index contributed by atoms with van der Waals surface area (Å²) in [6.45, 7) is 6.25. The predicted molar refractivity (Wildman–Crippen MR) is 79.0 cm³/mol. The summed E-state index contributed by atoms with van der Waals surface area (Å²) >= 11 is 0. The first-order chi connectivity index (χ1) is 8.92. The lowest BCUT2D eigenvalue weighted by Crippen LogP contribution is -2.36. The van der Waals surface area contributed by atoms with E-state index in [9.17, 15) is 0 Å². The number of hydrogen-bond acceptors (Lipinski definition) is 2. The molecule has 0 radical (unpaired) electrons. The van der Waals surface area contributed by atoms with Crippen molar-refractivity contribution in [1.29, 1.82) is 0 Å². The lowest BCUT2D eigenvalue weighted by atomic mass is 9.87. The van der Waals surface area contributed by atoms with Crippen molar-refractivity contribution in [3.63, 3.8) is 0 Å². The predicted octanol–water partition coefficient (Wildman–Crippen LogP) is 2.71. The van der Waals surface area contributed by atoms with Crippen LogP contribution in [0.15, 0.2) is 30.3 Å². The molecule has 0 aliphatic carbocycles. The number of nitrogens with zero attached hydrogens (tertiary/aromatic N) is 2. The van der Waals surface area contributed by atoms with Gasteiger partial charge in [-0.3, -0.25) is 4.68 Å². The molecule has 0 aliphatic rings. The van der Waals surface area contributed by atoms with E-state index in [1.807, 2.05) is 18.7 Å². The second kappa shape index (κ2) is 5.17. The molecule has 1 unspecified atom stereocenters. The topological polar surface area (TPSA) is 43.8 Å². The van der Waals surface area contributed by atoms with Crippen molar-refractivity contribution in [1.82, 2.24) is 9.78 Å². The van der Waals surface area contributed by atoms with Gasteiger partial charge in [-0.05, 0) is 37.5 Å². The summed E-state index contributed by atoms with van der Waals surface area (Å²) in [5, 5.41) is 4.38. The molecule has 0 bridgehead atoms. The molecule has 0 aliphatic heterocycles. The summed E-state index contributed by atoms with van der Waals surface area (Å²) in [5.74, 6) is 0. The van der Waals surface area contributed by atoms with Crippen LogP contribution in [0.3, 0.4) is 0 Å². The summed E-state index contributed by atoms with van der Waals surface area (Å²) in [6.07, 6.45) is 1.85. The van der Waals surface area contributed by atoms with E-state index in [1.54, 1.807) is 0 Å². The zero-order valence-electron chi connectivity index (χ0n) is 12.3. The third-order valence-corrected chi connectivity index (χ3v) is 3.67. The largest absolute Gasteiger partial charge is 0.321 e. The first-order valence-electron chi connectivity index (χ1n) is 6.80. The molecule has 1 aromatic carbocycles. The van der Waals surface area contributed by atoms with Crippen LogP contribution < -0.4 is 5.73 Å². The molecule has 0 fully saturated rings. The van der Waals surface area contributed by atoms with Gasteiger partial charge >= 0.3 is 0 Å². The summed E-state index contributed by atoms with van der Waals surface area (Å²) in [6, 6.07) is 10.7. The minimum absolute atomic E-state index is 0.369. The molecule has 1 aromatic heterocycles. The molecule has 0 saturated carbocycles. The second-order valence-corrected chi connectivity index (χ2v) is 5.55. The molecule has 2 N–H and O–H groups in total. The monoisotopic (exact) mass is 257 g/mol. The fourth-order valence-corrected chi connectivity index (χ4v) is 2.43. The molecule has 2 aromatic rings. The Hall–Kier alpha value is -1.61. The van der Waals surface area contributed by atoms with E-state index in [1.165, 1.54) is 16.8 Å². The van der Waals surface area contributed by atoms with Crippen molar-refractivity contribution in [2.24, 2.45) is 12.8 Å². The van der Waals surface area contributed by atoms with Crippen molar-refractivity contribution in [2.45, 2.75) is 39.2 Å². The molecule has 2 rings (SSSR count). The van der Waals surface area contributed by atoms with Gasteiger partial charge in [0.15, 0.2) is 0 Å². The molecule has 19 heavy (non-hydrogen) atoms. The number of aromatic nitrogens is 2. The first-order valence-corrected chi connectivity index (χ1v) is 6.80. The van der Waals surface area contributed by atoms with Crippen molar-refractivity contribution in [3.05, 3.63) is 52.8 Å². The van der Waals surface area contributed by atoms with E-state index < -0.39 is 0 Å². The Morgan fingerprint density at radius 1 is 1.26 bits per heavy atom. The van der Waals surface area contributed by atoms with Crippen LogP contribution in [0.4, 0.5) is 0 Å². The zero-order valence-corrected chi connectivity index (χ0v) is 12.3. The fourth-order valence-electron chi connectivity index (χ4n) is 2.43. The standard InChI is InChI=1S/C16H23N3/c1-5-13-6-8-14(9-7-13)16(3,17)11-15-10-12(2)18-19(15)4/h6-10H,5,11,17H2,1-4H3. The van der Waals surface area contributed by atoms with Gasteiger partial charge in [-0.25, -0.2) is 0 Å². The Kier molecular flexibility index (Phi) is 3.76. The third kappa shape index (κ3) is 3.04. The molecule has 0 spiro atoms. The molecule has 1 heterocycles. The van der Waals surface area contributed by atoms with E-state index in [0.29, 0.717) is 0 Å². The summed E-state index contributed by atoms with van der Waals surface area (Å²) in [7, 11) is 1.97. The average molecular weight is 257 g/mol. The summed E-state index contributed by atoms with van der Waals surface area (Å²) in [4.78, 5) is 0. The smallest absolute Gasteiger partial charge is 0.0596 e. The molecule has 102 valence electrons. The minimum atomic E-state index is -0.369. The van der Waals surface area contributed by atoms with Crippen LogP contribution in [0.1, 0.15) is 36.4 Å². The van der Waals surface area contributed by atoms with E-state index in [0.717, 1.165) is 18.5 Å². The van der Waals surface area contributed by atoms with E-state index in [4.69, 9.17) is 5.73 Å². The Bertz CT molecular complexity index is 550. The average Bonchev–Trinajstić information content (AvgIpc) is 2.67. The number of aryl methyl sites for hydroxylation is 3. The number of rotatable bonds is 4. The Morgan fingerprint density at radius 2 is 1.89 bits per heavy atom. The van der Waals surface area contributed by atoms with Gasteiger partial charge in [-0.1, -0.05) is 31.2 Å². The zero-order chi connectivity index (χ0) is 14.0. The second-order valence-electron chi connectivity index (χ2n) is 5.55. The van der Waals surface area contributed by atoms with Gasteiger partial charge in [0.05, 0.1) is 5.69 Å². The SMILES string of the molecule is CCc1ccc(C(C)(N)Cc2cc(C)nn2C)cc1. The van der Waals surface area contributed by atoms with Gasteiger partial charge < -0.3 is 5.73 Å². The van der Waals surface area contributed by atoms with E-state index in [-0.39, 0.29) is 5.54 Å². The van der Waals surface area contributed by atoms with Crippen LogP contribution in [-0.4, -0.2) is 9.78 Å². The molecule has 1 atom stereocenters. The van der Waals surface area contributed by atoms with Gasteiger partial charge in [0.1, 0.15) is 0 Å². The van der Waals surface area contributed by atoms with Crippen LogP contribution in [0.5, 0.6) is 0 Å². The van der Waals surface area contributed by atoms with Crippen LogP contribution in [-0.2, 0) is 25.4 Å². The normalized spacial score (nSPS) is 14.4.